The van der Waals surface area contributed by atoms with Crippen LogP contribution in [-0.2, 0) is 4.79 Å². The molecule has 8 heteroatoms. The number of hydrogen-bond acceptors (Lipinski definition) is 5. The van der Waals surface area contributed by atoms with Crippen molar-refractivity contribution in [2.24, 2.45) is 0 Å². The molecule has 0 saturated carbocycles. The number of amides is 1. The maximum absolute atomic E-state index is 11.4. The van der Waals surface area contributed by atoms with Crippen molar-refractivity contribution in [2.75, 3.05) is 18.8 Å². The van der Waals surface area contributed by atoms with E-state index in [4.69, 9.17) is 5.73 Å². The second-order valence-electron chi connectivity index (χ2n) is 4.29. The summed E-state index contributed by atoms with van der Waals surface area (Å²) in [5, 5.41) is 5.22. The number of carbonyl (C=O) groups excluding carboxylic acids is 1. The van der Waals surface area contributed by atoms with Crippen LogP contribution in [0.25, 0.3) is 11.0 Å². The number of nitrogen functional groups attached to an aromatic ring is 1. The van der Waals surface area contributed by atoms with Crippen molar-refractivity contribution in [1.29, 1.82) is 0 Å². The van der Waals surface area contributed by atoms with Crippen molar-refractivity contribution in [3.05, 3.63) is 22.7 Å². The van der Waals surface area contributed by atoms with Crippen molar-refractivity contribution in [2.45, 2.75) is 6.04 Å². The van der Waals surface area contributed by atoms with Crippen LogP contribution in [0.4, 0.5) is 5.82 Å². The van der Waals surface area contributed by atoms with Crippen LogP contribution < -0.4 is 5.73 Å². The molecular formula is C11H11IN6O. The van der Waals surface area contributed by atoms with Crippen LogP contribution in [0.15, 0.2) is 19.0 Å². The van der Waals surface area contributed by atoms with Gasteiger partial charge in [-0.15, -0.1) is 0 Å². The zero-order chi connectivity index (χ0) is 13.6. The van der Waals surface area contributed by atoms with Gasteiger partial charge in [0.25, 0.3) is 0 Å². The second kappa shape index (κ2) is 4.44. The summed E-state index contributed by atoms with van der Waals surface area (Å²) in [6, 6.07) is 0.129. The standard InChI is InChI=1S/C11H11IN6O/c1-2-7(19)17-3-6(4-17)18-11-8(9(12)16-18)10(13)14-5-15-11/h2,5-6H,1,3-4H2,(H2,13,14,15). The summed E-state index contributed by atoms with van der Waals surface area (Å²) in [4.78, 5) is 21.3. The molecule has 7 nitrogen and oxygen atoms in total. The van der Waals surface area contributed by atoms with Gasteiger partial charge in [0.1, 0.15) is 15.8 Å². The maximum Gasteiger partial charge on any atom is 0.246 e. The van der Waals surface area contributed by atoms with Gasteiger partial charge in [-0.1, -0.05) is 6.58 Å². The fourth-order valence-electron chi connectivity index (χ4n) is 2.13. The lowest BCUT2D eigenvalue weighted by Crippen LogP contribution is -2.50. The van der Waals surface area contributed by atoms with Gasteiger partial charge in [0.2, 0.25) is 5.91 Å². The zero-order valence-corrected chi connectivity index (χ0v) is 12.1. The molecule has 1 amide bonds. The number of nitrogens with two attached hydrogens (primary N) is 1. The normalized spacial score (nSPS) is 15.5. The van der Waals surface area contributed by atoms with Gasteiger partial charge >= 0.3 is 0 Å². The molecule has 1 aliphatic rings. The number of aromatic nitrogens is 4. The lowest BCUT2D eigenvalue weighted by Gasteiger charge is -2.38. The number of hydrogen-bond donors (Lipinski definition) is 1. The lowest BCUT2D eigenvalue weighted by atomic mass is 10.1. The van der Waals surface area contributed by atoms with Crippen molar-refractivity contribution in [1.82, 2.24) is 24.6 Å². The molecule has 3 heterocycles. The van der Waals surface area contributed by atoms with Crippen LogP contribution in [0.1, 0.15) is 6.04 Å². The molecule has 0 aromatic carbocycles. The van der Waals surface area contributed by atoms with E-state index in [2.05, 4.69) is 44.2 Å². The van der Waals surface area contributed by atoms with Crippen LogP contribution in [0.3, 0.4) is 0 Å². The SMILES string of the molecule is C=CC(=O)N1CC(n2nc(I)c3c(N)ncnc32)C1. The fourth-order valence-corrected chi connectivity index (χ4v) is 2.88. The average molecular weight is 370 g/mol. The third-order valence-electron chi connectivity index (χ3n) is 3.17. The Balaban J connectivity index is 1.94. The third kappa shape index (κ3) is 1.86. The Kier molecular flexibility index (Phi) is 2.88. The monoisotopic (exact) mass is 370 g/mol. The molecule has 0 radical (unpaired) electrons. The van der Waals surface area contributed by atoms with Crippen molar-refractivity contribution < 1.29 is 4.79 Å². The Morgan fingerprint density at radius 2 is 2.26 bits per heavy atom. The Bertz CT molecular complexity index is 675. The summed E-state index contributed by atoms with van der Waals surface area (Å²) < 4.78 is 2.60. The Morgan fingerprint density at radius 1 is 1.53 bits per heavy atom. The number of halogens is 1. The first-order valence-corrected chi connectivity index (χ1v) is 6.75. The van der Waals surface area contributed by atoms with Crippen LogP contribution in [0.2, 0.25) is 0 Å². The van der Waals surface area contributed by atoms with Gasteiger partial charge in [0.15, 0.2) is 5.65 Å². The van der Waals surface area contributed by atoms with Crippen molar-refractivity contribution >= 4 is 45.3 Å². The van der Waals surface area contributed by atoms with E-state index in [0.717, 1.165) is 9.09 Å². The lowest BCUT2D eigenvalue weighted by molar-refractivity contribution is -0.131. The molecule has 1 fully saturated rings. The number of fused-ring (bicyclic) bond motifs is 1. The second-order valence-corrected chi connectivity index (χ2v) is 5.32. The largest absolute Gasteiger partial charge is 0.383 e. The Hall–Kier alpha value is -1.71. The zero-order valence-electron chi connectivity index (χ0n) is 9.95. The minimum absolute atomic E-state index is 0.0588. The summed E-state index contributed by atoms with van der Waals surface area (Å²) in [5.41, 5.74) is 6.56. The van der Waals surface area contributed by atoms with Gasteiger partial charge in [0, 0.05) is 13.1 Å². The first-order chi connectivity index (χ1) is 9.11. The van der Waals surface area contributed by atoms with E-state index in [1.54, 1.807) is 4.90 Å². The minimum atomic E-state index is -0.0588. The van der Waals surface area contributed by atoms with E-state index in [1.165, 1.54) is 12.4 Å². The molecule has 0 bridgehead atoms. The molecule has 2 N–H and O–H groups in total. The molecule has 0 spiro atoms. The highest BCUT2D eigenvalue weighted by Crippen LogP contribution is 2.28. The van der Waals surface area contributed by atoms with E-state index in [1.807, 2.05) is 4.68 Å². The van der Waals surface area contributed by atoms with Crippen molar-refractivity contribution in [3.8, 4) is 0 Å². The number of rotatable bonds is 2. The third-order valence-corrected chi connectivity index (χ3v) is 3.92. The molecule has 2 aromatic heterocycles. The highest BCUT2D eigenvalue weighted by atomic mass is 127. The predicted octanol–water partition coefficient (Wildman–Crippen LogP) is 0.582. The summed E-state index contributed by atoms with van der Waals surface area (Å²) in [7, 11) is 0. The van der Waals surface area contributed by atoms with Gasteiger partial charge in [-0.25, -0.2) is 14.6 Å². The van der Waals surface area contributed by atoms with E-state index < -0.39 is 0 Å². The minimum Gasteiger partial charge on any atom is -0.383 e. The molecule has 1 saturated heterocycles. The van der Waals surface area contributed by atoms with Crippen LogP contribution in [-0.4, -0.2) is 43.6 Å². The van der Waals surface area contributed by atoms with Crippen molar-refractivity contribution in [3.63, 3.8) is 0 Å². The van der Waals surface area contributed by atoms with Gasteiger partial charge in [-0.2, -0.15) is 5.10 Å². The number of nitrogens with zero attached hydrogens (tertiary/aromatic N) is 5. The van der Waals surface area contributed by atoms with Gasteiger partial charge in [0.05, 0.1) is 11.4 Å². The highest BCUT2D eigenvalue weighted by Gasteiger charge is 2.33. The fraction of sp³-hybridized carbons (Fsp3) is 0.273. The molecule has 19 heavy (non-hydrogen) atoms. The first kappa shape index (κ1) is 12.3. The van der Waals surface area contributed by atoms with E-state index in [0.29, 0.717) is 24.6 Å². The summed E-state index contributed by atoms with van der Waals surface area (Å²) >= 11 is 2.12. The molecule has 2 aromatic rings. The summed E-state index contributed by atoms with van der Waals surface area (Å²) in [6.07, 6.45) is 2.75. The quantitative estimate of drug-likeness (QED) is 0.617. The predicted molar refractivity (Wildman–Crippen MR) is 78.3 cm³/mol. The molecular weight excluding hydrogens is 359 g/mol. The smallest absolute Gasteiger partial charge is 0.246 e. The highest BCUT2D eigenvalue weighted by molar-refractivity contribution is 14.1. The number of anilines is 1. The average Bonchev–Trinajstić information content (AvgIpc) is 2.66. The van der Waals surface area contributed by atoms with Gasteiger partial charge in [-0.05, 0) is 28.7 Å². The number of carbonyl (C=O) groups is 1. The molecule has 0 unspecified atom stereocenters. The molecule has 0 atom stereocenters. The number of likely N-dealkylation sites (tertiary alicyclic amines) is 1. The maximum atomic E-state index is 11.4. The topological polar surface area (TPSA) is 89.9 Å². The van der Waals surface area contributed by atoms with Crippen LogP contribution in [0, 0.1) is 3.70 Å². The van der Waals surface area contributed by atoms with E-state index >= 15 is 0 Å². The molecule has 98 valence electrons. The summed E-state index contributed by atoms with van der Waals surface area (Å²) in [6.45, 7) is 4.70. The van der Waals surface area contributed by atoms with Crippen LogP contribution >= 0.6 is 22.6 Å². The molecule has 0 aliphatic carbocycles. The van der Waals surface area contributed by atoms with Gasteiger partial charge in [-0.3, -0.25) is 4.79 Å². The summed E-state index contributed by atoms with van der Waals surface area (Å²) in [5.74, 6) is 0.371. The van der Waals surface area contributed by atoms with E-state index in [9.17, 15) is 4.79 Å². The first-order valence-electron chi connectivity index (χ1n) is 5.67. The molecule has 1 aliphatic heterocycles. The van der Waals surface area contributed by atoms with Crippen LogP contribution in [0.5, 0.6) is 0 Å². The molecule has 3 rings (SSSR count). The Labute approximate surface area is 122 Å². The Morgan fingerprint density at radius 3 is 2.95 bits per heavy atom. The van der Waals surface area contributed by atoms with Gasteiger partial charge < -0.3 is 10.6 Å². The van der Waals surface area contributed by atoms with E-state index in [-0.39, 0.29) is 11.9 Å².